The molecule has 2 rings (SSSR count). The minimum atomic E-state index is 0.112. The lowest BCUT2D eigenvalue weighted by molar-refractivity contribution is 0.0644. The predicted octanol–water partition coefficient (Wildman–Crippen LogP) is 2.94. The van der Waals surface area contributed by atoms with Crippen molar-refractivity contribution in [2.45, 2.75) is 45.1 Å². The van der Waals surface area contributed by atoms with Gasteiger partial charge in [-0.05, 0) is 24.7 Å². The molecule has 5 heteroatoms. The summed E-state index contributed by atoms with van der Waals surface area (Å²) in [5, 5.41) is 6.69. The zero-order valence-electron chi connectivity index (χ0n) is 11.6. The SMILES string of the molecule is CCSCCN(C(=O)c1ccn[nH]1)C1CCCCC1. The number of hydrogen-bond acceptors (Lipinski definition) is 3. The van der Waals surface area contributed by atoms with Crippen LogP contribution in [0.25, 0.3) is 0 Å². The Hall–Kier alpha value is -0.970. The Morgan fingerprint density at radius 1 is 1.47 bits per heavy atom. The molecule has 0 aliphatic heterocycles. The number of carbonyl (C=O) groups is 1. The number of aromatic nitrogens is 2. The third kappa shape index (κ3) is 4.00. The molecule has 1 aromatic rings. The van der Waals surface area contributed by atoms with Gasteiger partial charge in [-0.15, -0.1) is 0 Å². The van der Waals surface area contributed by atoms with Crippen molar-refractivity contribution in [2.24, 2.45) is 0 Å². The average Bonchev–Trinajstić information content (AvgIpc) is 2.98. The van der Waals surface area contributed by atoms with E-state index in [-0.39, 0.29) is 5.91 Å². The van der Waals surface area contributed by atoms with Crippen LogP contribution in [0.1, 0.15) is 49.5 Å². The zero-order chi connectivity index (χ0) is 13.5. The largest absolute Gasteiger partial charge is 0.334 e. The normalized spacial score (nSPS) is 16.5. The lowest BCUT2D eigenvalue weighted by Crippen LogP contribution is -2.43. The van der Waals surface area contributed by atoms with Crippen LogP contribution in [0, 0.1) is 0 Å². The first-order chi connectivity index (χ1) is 9.33. The van der Waals surface area contributed by atoms with E-state index in [1.54, 1.807) is 12.3 Å². The molecule has 1 aromatic heterocycles. The smallest absolute Gasteiger partial charge is 0.272 e. The van der Waals surface area contributed by atoms with Gasteiger partial charge in [0.1, 0.15) is 5.69 Å². The lowest BCUT2D eigenvalue weighted by atomic mass is 9.94. The molecule has 1 fully saturated rings. The molecule has 0 spiro atoms. The van der Waals surface area contributed by atoms with E-state index >= 15 is 0 Å². The van der Waals surface area contributed by atoms with Gasteiger partial charge in [-0.2, -0.15) is 16.9 Å². The fourth-order valence-corrected chi connectivity index (χ4v) is 3.29. The Balaban J connectivity index is 2.01. The zero-order valence-corrected chi connectivity index (χ0v) is 12.4. The highest BCUT2D eigenvalue weighted by Crippen LogP contribution is 2.24. The number of hydrogen-bond donors (Lipinski definition) is 1. The van der Waals surface area contributed by atoms with E-state index in [1.165, 1.54) is 19.3 Å². The average molecular weight is 281 g/mol. The number of rotatable bonds is 6. The van der Waals surface area contributed by atoms with Crippen molar-refractivity contribution in [2.75, 3.05) is 18.1 Å². The van der Waals surface area contributed by atoms with Crippen LogP contribution in [0.3, 0.4) is 0 Å². The van der Waals surface area contributed by atoms with Crippen LogP contribution in [0.15, 0.2) is 12.3 Å². The van der Waals surface area contributed by atoms with Gasteiger partial charge in [0.05, 0.1) is 0 Å². The molecule has 0 atom stereocenters. The Bertz CT molecular complexity index is 374. The number of carbonyl (C=O) groups excluding carboxylic acids is 1. The number of nitrogens with zero attached hydrogens (tertiary/aromatic N) is 2. The predicted molar refractivity (Wildman–Crippen MR) is 79.5 cm³/mol. The summed E-state index contributed by atoms with van der Waals surface area (Å²) in [5.74, 6) is 2.24. The van der Waals surface area contributed by atoms with Crippen molar-refractivity contribution in [3.05, 3.63) is 18.0 Å². The second kappa shape index (κ2) is 7.58. The van der Waals surface area contributed by atoms with Gasteiger partial charge in [-0.25, -0.2) is 0 Å². The van der Waals surface area contributed by atoms with Crippen molar-refractivity contribution < 1.29 is 4.79 Å². The van der Waals surface area contributed by atoms with Crippen LogP contribution in [-0.4, -0.2) is 45.1 Å². The van der Waals surface area contributed by atoms with Crippen LogP contribution in [0.2, 0.25) is 0 Å². The van der Waals surface area contributed by atoms with Crippen LogP contribution in [0.5, 0.6) is 0 Å². The number of aromatic amines is 1. The molecular formula is C14H23N3OS. The molecule has 0 saturated heterocycles. The summed E-state index contributed by atoms with van der Waals surface area (Å²) in [6.07, 6.45) is 7.75. The molecule has 0 aromatic carbocycles. The quantitative estimate of drug-likeness (QED) is 0.816. The van der Waals surface area contributed by atoms with Gasteiger partial charge in [0.15, 0.2) is 0 Å². The lowest BCUT2D eigenvalue weighted by Gasteiger charge is -2.34. The van der Waals surface area contributed by atoms with Gasteiger partial charge in [-0.3, -0.25) is 9.89 Å². The van der Waals surface area contributed by atoms with Crippen molar-refractivity contribution >= 4 is 17.7 Å². The van der Waals surface area contributed by atoms with Gasteiger partial charge in [0.25, 0.3) is 5.91 Å². The minimum Gasteiger partial charge on any atom is -0.334 e. The van der Waals surface area contributed by atoms with E-state index in [9.17, 15) is 4.79 Å². The van der Waals surface area contributed by atoms with Crippen LogP contribution in [-0.2, 0) is 0 Å². The summed E-state index contributed by atoms with van der Waals surface area (Å²) < 4.78 is 0. The molecule has 1 amide bonds. The van der Waals surface area contributed by atoms with Gasteiger partial charge in [0.2, 0.25) is 0 Å². The molecule has 1 heterocycles. The molecule has 0 radical (unpaired) electrons. The van der Waals surface area contributed by atoms with E-state index in [0.29, 0.717) is 11.7 Å². The summed E-state index contributed by atoms with van der Waals surface area (Å²) >= 11 is 1.90. The molecule has 19 heavy (non-hydrogen) atoms. The van der Waals surface area contributed by atoms with E-state index in [4.69, 9.17) is 0 Å². The monoisotopic (exact) mass is 281 g/mol. The number of H-pyrrole nitrogens is 1. The topological polar surface area (TPSA) is 49.0 Å². The fourth-order valence-electron chi connectivity index (χ4n) is 2.68. The Labute approximate surface area is 119 Å². The van der Waals surface area contributed by atoms with Crippen molar-refractivity contribution in [1.82, 2.24) is 15.1 Å². The summed E-state index contributed by atoms with van der Waals surface area (Å²) in [6.45, 7) is 3.01. The van der Waals surface area contributed by atoms with E-state index in [1.807, 2.05) is 11.8 Å². The number of amides is 1. The minimum absolute atomic E-state index is 0.112. The second-order valence-corrected chi connectivity index (χ2v) is 6.35. The highest BCUT2D eigenvalue weighted by atomic mass is 32.2. The first kappa shape index (κ1) is 14.4. The van der Waals surface area contributed by atoms with Gasteiger partial charge < -0.3 is 4.90 Å². The molecule has 106 valence electrons. The van der Waals surface area contributed by atoms with Gasteiger partial charge in [0, 0.05) is 24.5 Å². The van der Waals surface area contributed by atoms with Crippen molar-refractivity contribution in [3.8, 4) is 0 Å². The molecule has 0 bridgehead atoms. The standard InChI is InChI=1S/C14H23N3OS/c1-2-19-11-10-17(12-6-4-3-5-7-12)14(18)13-8-9-15-16-13/h8-9,12H,2-7,10-11H2,1H3,(H,15,16). The molecular weight excluding hydrogens is 258 g/mol. The van der Waals surface area contributed by atoms with Gasteiger partial charge >= 0.3 is 0 Å². The number of thioether (sulfide) groups is 1. The van der Waals surface area contributed by atoms with Crippen molar-refractivity contribution in [1.29, 1.82) is 0 Å². The Kier molecular flexibility index (Phi) is 5.76. The number of nitrogens with one attached hydrogen (secondary N) is 1. The van der Waals surface area contributed by atoms with Crippen LogP contribution >= 0.6 is 11.8 Å². The van der Waals surface area contributed by atoms with E-state index < -0.39 is 0 Å². The highest BCUT2D eigenvalue weighted by molar-refractivity contribution is 7.99. The van der Waals surface area contributed by atoms with Crippen LogP contribution in [0.4, 0.5) is 0 Å². The molecule has 1 aliphatic rings. The van der Waals surface area contributed by atoms with Crippen molar-refractivity contribution in [3.63, 3.8) is 0 Å². The first-order valence-corrected chi connectivity index (χ1v) is 8.36. The summed E-state index contributed by atoms with van der Waals surface area (Å²) in [4.78, 5) is 14.6. The Morgan fingerprint density at radius 3 is 2.89 bits per heavy atom. The molecule has 1 N–H and O–H groups in total. The maximum Gasteiger partial charge on any atom is 0.272 e. The highest BCUT2D eigenvalue weighted by Gasteiger charge is 2.26. The first-order valence-electron chi connectivity index (χ1n) is 7.21. The molecule has 0 unspecified atom stereocenters. The van der Waals surface area contributed by atoms with E-state index in [2.05, 4.69) is 22.0 Å². The molecule has 1 aliphatic carbocycles. The Morgan fingerprint density at radius 2 is 2.26 bits per heavy atom. The van der Waals surface area contributed by atoms with Gasteiger partial charge in [-0.1, -0.05) is 26.2 Å². The summed E-state index contributed by atoms with van der Waals surface area (Å²) in [5.41, 5.74) is 0.618. The summed E-state index contributed by atoms with van der Waals surface area (Å²) in [7, 11) is 0. The third-order valence-corrected chi connectivity index (χ3v) is 4.57. The fraction of sp³-hybridized carbons (Fsp3) is 0.714. The maximum atomic E-state index is 12.5. The molecule has 4 nitrogen and oxygen atoms in total. The van der Waals surface area contributed by atoms with E-state index in [0.717, 1.165) is 30.9 Å². The summed E-state index contributed by atoms with van der Waals surface area (Å²) in [6, 6.07) is 2.19. The molecule has 1 saturated carbocycles. The maximum absolute atomic E-state index is 12.5. The second-order valence-electron chi connectivity index (χ2n) is 4.96. The third-order valence-electron chi connectivity index (χ3n) is 3.69. The van der Waals surface area contributed by atoms with Crippen LogP contribution < -0.4 is 0 Å².